The van der Waals surface area contributed by atoms with Gasteiger partial charge in [-0.2, -0.15) is 8.62 Å². The Morgan fingerprint density at radius 1 is 0.885 bits per heavy atom. The smallest absolute Gasteiger partial charge is 0.495 e. The van der Waals surface area contributed by atoms with Crippen LogP contribution < -0.4 is 14.0 Å². The summed E-state index contributed by atoms with van der Waals surface area (Å²) in [5, 5.41) is 19.4. The molecule has 3 aliphatic rings. The van der Waals surface area contributed by atoms with Gasteiger partial charge in [0.15, 0.2) is 11.4 Å². The van der Waals surface area contributed by atoms with Crippen molar-refractivity contribution in [3.63, 3.8) is 0 Å². The number of aliphatic hydroxyl groups is 1. The lowest BCUT2D eigenvalue weighted by Gasteiger charge is -2.37. The zero-order chi connectivity index (χ0) is 38.1. The number of phosphoric acid groups is 3. The first-order chi connectivity index (χ1) is 24.2. The number of carbonyl (C=O) groups is 2. The Balaban J connectivity index is 1.31. The summed E-state index contributed by atoms with van der Waals surface area (Å²) < 4.78 is 78.5. The zero-order valence-electron chi connectivity index (χ0n) is 26.7. The van der Waals surface area contributed by atoms with Crippen molar-refractivity contribution in [1.29, 1.82) is 0 Å². The number of phosphoric ester groups is 2. The minimum absolute atomic E-state index is 0.0136. The summed E-state index contributed by atoms with van der Waals surface area (Å²) in [6.07, 6.45) is -2.65. The largest absolute Gasteiger partial charge is 0.536 e. The molecule has 23 heteroatoms. The highest BCUT2D eigenvalue weighted by molar-refractivity contribution is 7.67. The number of benzene rings is 3. The van der Waals surface area contributed by atoms with E-state index in [0.29, 0.717) is 0 Å². The number of aromatic carboxylic acids is 1. The van der Waals surface area contributed by atoms with Gasteiger partial charge in [0.1, 0.15) is 23.4 Å². The molecule has 0 bridgehead atoms. The maximum absolute atomic E-state index is 13.2. The Kier molecular flexibility index (Phi) is 10.2. The molecule has 5 unspecified atom stereocenters. The summed E-state index contributed by atoms with van der Waals surface area (Å²) in [7, 11) is -15.9. The Labute approximate surface area is 303 Å². The molecule has 0 aromatic heterocycles. The quantitative estimate of drug-likeness (QED) is 0.113. The van der Waals surface area contributed by atoms with Crippen LogP contribution in [-0.2, 0) is 41.9 Å². The molecule has 0 amide bonds. The molecular formula is C29H27Cl2O18P3. The summed E-state index contributed by atoms with van der Waals surface area (Å²) in [6, 6.07) is 8.39. The van der Waals surface area contributed by atoms with Gasteiger partial charge in [-0.05, 0) is 37.3 Å². The number of carboxylic acid groups (broad SMARTS) is 1. The number of ether oxygens (including phenoxy) is 4. The summed E-state index contributed by atoms with van der Waals surface area (Å²) >= 11 is 12.9. The number of carbonyl (C=O) groups excluding carboxylic acids is 1. The predicted molar refractivity (Wildman–Crippen MR) is 176 cm³/mol. The van der Waals surface area contributed by atoms with Crippen LogP contribution in [0.3, 0.4) is 0 Å². The molecule has 52 heavy (non-hydrogen) atoms. The van der Waals surface area contributed by atoms with Gasteiger partial charge in [0, 0.05) is 34.7 Å². The van der Waals surface area contributed by atoms with Crippen molar-refractivity contribution in [3.05, 3.63) is 80.3 Å². The monoisotopic (exact) mass is 826 g/mol. The first-order valence-corrected chi connectivity index (χ1v) is 20.0. The highest BCUT2D eigenvalue weighted by atomic mass is 35.5. The molecule has 3 aromatic carbocycles. The van der Waals surface area contributed by atoms with E-state index in [1.165, 1.54) is 37.4 Å². The van der Waals surface area contributed by atoms with Crippen molar-refractivity contribution in [3.8, 4) is 23.0 Å². The van der Waals surface area contributed by atoms with Gasteiger partial charge in [0.05, 0.1) is 47.1 Å². The summed E-state index contributed by atoms with van der Waals surface area (Å²) in [5.41, 5.74) is -2.04. The predicted octanol–water partition coefficient (Wildman–Crippen LogP) is 5.78. The van der Waals surface area contributed by atoms with Crippen LogP contribution in [0.5, 0.6) is 23.0 Å². The Hall–Kier alpha value is -3.05. The average molecular weight is 827 g/mol. The number of aliphatic hydroxyl groups excluding tert-OH is 1. The topological polar surface area (TPSA) is 260 Å². The lowest BCUT2D eigenvalue weighted by atomic mass is 9.77. The van der Waals surface area contributed by atoms with E-state index in [1.54, 1.807) is 13.8 Å². The number of esters is 1. The fourth-order valence-corrected chi connectivity index (χ4v) is 9.94. The van der Waals surface area contributed by atoms with Gasteiger partial charge in [-0.25, -0.2) is 23.3 Å². The molecule has 1 spiro atoms. The number of halogens is 2. The van der Waals surface area contributed by atoms with Gasteiger partial charge in [-0.3, -0.25) is 9.42 Å². The number of hydrogen-bond acceptors (Lipinski definition) is 14. The van der Waals surface area contributed by atoms with Gasteiger partial charge in [0.25, 0.3) is 0 Å². The number of hydrogen-bond donors (Lipinski definition) is 5. The van der Waals surface area contributed by atoms with E-state index in [4.69, 9.17) is 46.7 Å². The summed E-state index contributed by atoms with van der Waals surface area (Å²) in [5.74, 6) is -3.42. The molecular weight excluding hydrogens is 800 g/mol. The number of methoxy groups -OCH3 is 1. The summed E-state index contributed by atoms with van der Waals surface area (Å²) in [4.78, 5) is 55.6. The molecule has 3 heterocycles. The number of fused-ring (bicyclic) bond motifs is 6. The van der Waals surface area contributed by atoms with Crippen LogP contribution in [0.25, 0.3) is 0 Å². The van der Waals surface area contributed by atoms with Crippen molar-refractivity contribution in [2.45, 2.75) is 37.8 Å². The molecule has 3 aromatic rings. The third-order valence-electron chi connectivity index (χ3n) is 8.46. The van der Waals surface area contributed by atoms with Crippen LogP contribution >= 0.6 is 46.7 Å². The minimum atomic E-state index is -5.93. The lowest BCUT2D eigenvalue weighted by Crippen LogP contribution is -2.33. The Bertz CT molecular complexity index is 2150. The fourth-order valence-electron chi connectivity index (χ4n) is 5.92. The fraction of sp³-hybridized carbons (Fsp3) is 0.310. The minimum Gasteiger partial charge on any atom is -0.495 e. The zero-order valence-corrected chi connectivity index (χ0v) is 30.9. The van der Waals surface area contributed by atoms with Gasteiger partial charge >= 0.3 is 35.4 Å². The molecule has 5 N–H and O–H groups in total. The molecule has 1 saturated heterocycles. The Morgan fingerprint density at radius 3 is 2.06 bits per heavy atom. The first kappa shape index (κ1) is 38.7. The molecule has 18 nitrogen and oxygen atoms in total. The van der Waals surface area contributed by atoms with Crippen molar-refractivity contribution in [2.24, 2.45) is 5.92 Å². The van der Waals surface area contributed by atoms with Crippen LogP contribution in [0.4, 0.5) is 0 Å². The first-order valence-electron chi connectivity index (χ1n) is 14.8. The second-order valence-corrected chi connectivity index (χ2v) is 17.1. The molecule has 1 fully saturated rings. The molecule has 3 aliphatic heterocycles. The van der Waals surface area contributed by atoms with Crippen molar-refractivity contribution in [2.75, 3.05) is 13.7 Å². The van der Waals surface area contributed by atoms with E-state index in [9.17, 15) is 48.2 Å². The molecule has 0 radical (unpaired) electrons. The van der Waals surface area contributed by atoms with E-state index in [2.05, 4.69) is 13.1 Å². The van der Waals surface area contributed by atoms with Crippen LogP contribution in [0.1, 0.15) is 51.3 Å². The van der Waals surface area contributed by atoms with Crippen molar-refractivity contribution in [1.82, 2.24) is 0 Å². The van der Waals surface area contributed by atoms with Crippen LogP contribution in [-0.4, -0.2) is 68.9 Å². The van der Waals surface area contributed by atoms with E-state index < -0.39 is 76.7 Å². The van der Waals surface area contributed by atoms with Crippen molar-refractivity contribution >= 4 is 58.6 Å². The standard InChI is InChI=1S/C29H27Cl2O18P3/c1-12-13(2)44-25(26(12)32)11-43-50(36,37)48-52(40,41)49-51(38,39)47-24-10-22-18(8-20(24)31)29(17-7-19(30)23(42-3)9-21(17)45-22)16-6-14(27(33)34)4-5-15(16)28(35)46-29/h4-10,12-13,25-26,32H,11H2,1-3H3,(H,33,34)(H,36,37)(H,38,39)(H,40,41)/t12-,13+,25-,26?,29?/m1/s1. The highest BCUT2D eigenvalue weighted by Crippen LogP contribution is 2.68. The molecule has 6 rings (SSSR count). The van der Waals surface area contributed by atoms with E-state index in [-0.39, 0.29) is 56.0 Å². The third-order valence-corrected chi connectivity index (χ3v) is 13.3. The van der Waals surface area contributed by atoms with Gasteiger partial charge < -0.3 is 43.5 Å². The number of carboxylic acids is 1. The maximum atomic E-state index is 13.2. The lowest BCUT2D eigenvalue weighted by molar-refractivity contribution is -0.0167. The maximum Gasteiger partial charge on any atom is 0.536 e. The third kappa shape index (κ3) is 7.13. The summed E-state index contributed by atoms with van der Waals surface area (Å²) in [6.45, 7) is 2.53. The van der Waals surface area contributed by atoms with Gasteiger partial charge in [-0.1, -0.05) is 30.1 Å². The van der Waals surface area contributed by atoms with E-state index in [0.717, 1.165) is 12.1 Å². The van der Waals surface area contributed by atoms with E-state index >= 15 is 0 Å². The molecule has 8 atom stereocenters. The molecule has 0 saturated carbocycles. The molecule has 0 aliphatic carbocycles. The van der Waals surface area contributed by atoms with Crippen LogP contribution in [0.2, 0.25) is 10.0 Å². The van der Waals surface area contributed by atoms with E-state index in [1.807, 2.05) is 0 Å². The average Bonchev–Trinajstić information content (AvgIpc) is 3.47. The van der Waals surface area contributed by atoms with Crippen LogP contribution in [0, 0.1) is 5.92 Å². The second-order valence-electron chi connectivity index (χ2n) is 11.7. The molecule has 280 valence electrons. The second kappa shape index (κ2) is 13.7. The normalized spacial score (nSPS) is 26.5. The number of rotatable bonds is 11. The SMILES string of the molecule is COc1cc2c(cc1Cl)C1(OC(=O)c3ccc(C(=O)O)cc31)c1cc(Cl)c(OP(=O)(O)OP(=O)(O)OP(=O)(O)OC[C@H]3O[C@@H](C)[C@@H](C)C3O)cc1O2. The van der Waals surface area contributed by atoms with Gasteiger partial charge in [-0.15, -0.1) is 0 Å². The Morgan fingerprint density at radius 2 is 1.48 bits per heavy atom. The van der Waals surface area contributed by atoms with Crippen LogP contribution in [0.15, 0.2) is 42.5 Å². The highest BCUT2D eigenvalue weighted by Gasteiger charge is 2.55. The van der Waals surface area contributed by atoms with Crippen molar-refractivity contribution < 1.29 is 84.8 Å². The van der Waals surface area contributed by atoms with Gasteiger partial charge in [0.2, 0.25) is 0 Å².